The molecule has 0 unspecified atom stereocenters. The number of para-hydroxylation sites is 2. The van der Waals surface area contributed by atoms with Crippen molar-refractivity contribution in [2.75, 3.05) is 0 Å². The molecule has 47 heavy (non-hydrogen) atoms. The molecule has 2 nitrogen and oxygen atoms in total. The Labute approximate surface area is 273 Å². The van der Waals surface area contributed by atoms with Gasteiger partial charge in [-0.25, -0.2) is 0 Å². The van der Waals surface area contributed by atoms with Crippen LogP contribution in [0.2, 0.25) is 0 Å². The molecule has 0 amide bonds. The molecular weight excluding hydrogens is 569 g/mol. The van der Waals surface area contributed by atoms with E-state index in [1.807, 2.05) is 0 Å². The Morgan fingerprint density at radius 2 is 1.06 bits per heavy atom. The van der Waals surface area contributed by atoms with Gasteiger partial charge in [0.2, 0.25) is 0 Å². The maximum Gasteiger partial charge on any atom is 0.0641 e. The summed E-state index contributed by atoms with van der Waals surface area (Å²) in [7, 11) is 0. The van der Waals surface area contributed by atoms with E-state index in [-0.39, 0.29) is 5.41 Å². The summed E-state index contributed by atoms with van der Waals surface area (Å²) in [4.78, 5) is 0. The fourth-order valence-electron chi connectivity index (χ4n) is 8.36. The highest BCUT2D eigenvalue weighted by Crippen LogP contribution is 2.50. The maximum absolute atomic E-state index is 2.48. The van der Waals surface area contributed by atoms with Crippen LogP contribution in [0, 0.1) is 0 Å². The Balaban J connectivity index is 1.30. The first-order valence-corrected chi connectivity index (χ1v) is 16.5. The molecule has 0 fully saturated rings. The van der Waals surface area contributed by atoms with E-state index in [4.69, 9.17) is 0 Å². The number of aromatic nitrogens is 2. The van der Waals surface area contributed by atoms with Crippen LogP contribution in [0.3, 0.4) is 0 Å². The van der Waals surface area contributed by atoms with E-state index >= 15 is 0 Å². The van der Waals surface area contributed by atoms with Crippen molar-refractivity contribution in [3.8, 4) is 33.6 Å². The number of fused-ring (bicyclic) bond motifs is 10. The first-order valence-electron chi connectivity index (χ1n) is 16.5. The summed E-state index contributed by atoms with van der Waals surface area (Å²) >= 11 is 0. The van der Waals surface area contributed by atoms with Crippen LogP contribution in [-0.4, -0.2) is 9.13 Å². The molecule has 1 aliphatic rings. The van der Waals surface area contributed by atoms with Crippen LogP contribution >= 0.6 is 0 Å². The van der Waals surface area contributed by atoms with Gasteiger partial charge >= 0.3 is 0 Å². The fraction of sp³-hybridized carbons (Fsp3) is 0.0667. The van der Waals surface area contributed by atoms with Crippen LogP contribution in [0.25, 0.3) is 77.2 Å². The smallest absolute Gasteiger partial charge is 0.0641 e. The first-order chi connectivity index (χ1) is 23.1. The lowest BCUT2D eigenvalue weighted by Gasteiger charge is -2.21. The molecule has 9 aromatic rings. The van der Waals surface area contributed by atoms with E-state index in [2.05, 4.69) is 181 Å². The van der Waals surface area contributed by atoms with Crippen LogP contribution < -0.4 is 0 Å². The minimum Gasteiger partial charge on any atom is -0.309 e. The van der Waals surface area contributed by atoms with Crippen LogP contribution in [0.4, 0.5) is 0 Å². The van der Waals surface area contributed by atoms with Gasteiger partial charge in [0.05, 0.1) is 22.1 Å². The van der Waals surface area contributed by atoms with Crippen molar-refractivity contribution in [2.45, 2.75) is 19.3 Å². The van der Waals surface area contributed by atoms with Gasteiger partial charge in [-0.05, 0) is 75.8 Å². The first kappa shape index (κ1) is 26.4. The molecule has 0 saturated carbocycles. The normalized spacial score (nSPS) is 13.5. The lowest BCUT2D eigenvalue weighted by Crippen LogP contribution is -2.14. The van der Waals surface area contributed by atoms with E-state index in [1.54, 1.807) is 0 Å². The van der Waals surface area contributed by atoms with Gasteiger partial charge in [0.15, 0.2) is 0 Å². The van der Waals surface area contributed by atoms with Crippen LogP contribution in [-0.2, 0) is 5.41 Å². The molecule has 222 valence electrons. The van der Waals surface area contributed by atoms with Crippen LogP contribution in [0.15, 0.2) is 158 Å². The Bertz CT molecular complexity index is 2700. The number of benzene rings is 7. The zero-order valence-corrected chi connectivity index (χ0v) is 26.4. The van der Waals surface area contributed by atoms with Gasteiger partial charge in [0.25, 0.3) is 0 Å². The molecule has 2 aromatic heterocycles. The third kappa shape index (κ3) is 3.61. The molecule has 0 bridgehead atoms. The zero-order valence-electron chi connectivity index (χ0n) is 26.4. The number of nitrogens with zero attached hydrogens (tertiary/aromatic N) is 2. The Morgan fingerprint density at radius 1 is 0.404 bits per heavy atom. The predicted octanol–water partition coefficient (Wildman–Crippen LogP) is 11.9. The predicted molar refractivity (Wildman–Crippen MR) is 198 cm³/mol. The molecule has 0 N–H and O–H groups in total. The SMILES string of the molecule is CC1(C)c2ccccc2-c2cc(-n3c4ccccc4c4c3ccc3c5ccccc5n(-c5cccc(-c6ccccc6)c5)c34)ccc21. The third-order valence-electron chi connectivity index (χ3n) is 10.5. The fourth-order valence-corrected chi connectivity index (χ4v) is 8.36. The second-order valence-electron chi connectivity index (χ2n) is 13.4. The van der Waals surface area contributed by atoms with Gasteiger partial charge in [-0.3, -0.25) is 0 Å². The molecule has 2 heteroatoms. The molecule has 10 rings (SSSR count). The van der Waals surface area contributed by atoms with E-state index in [0.717, 1.165) is 0 Å². The number of hydrogen-bond acceptors (Lipinski definition) is 0. The molecule has 0 aliphatic heterocycles. The molecular formula is C45H32N2. The van der Waals surface area contributed by atoms with Crippen LogP contribution in [0.5, 0.6) is 0 Å². The van der Waals surface area contributed by atoms with Gasteiger partial charge < -0.3 is 9.13 Å². The lowest BCUT2D eigenvalue weighted by molar-refractivity contribution is 0.660. The molecule has 7 aromatic carbocycles. The molecule has 0 spiro atoms. The van der Waals surface area contributed by atoms with Crippen molar-refractivity contribution < 1.29 is 0 Å². The summed E-state index contributed by atoms with van der Waals surface area (Å²) in [6.45, 7) is 4.69. The van der Waals surface area contributed by atoms with E-state index in [9.17, 15) is 0 Å². The number of hydrogen-bond donors (Lipinski definition) is 0. The third-order valence-corrected chi connectivity index (χ3v) is 10.5. The summed E-state index contributed by atoms with van der Waals surface area (Å²) in [5.41, 5.74) is 15.1. The maximum atomic E-state index is 2.48. The Morgan fingerprint density at radius 3 is 1.91 bits per heavy atom. The van der Waals surface area contributed by atoms with Gasteiger partial charge in [0.1, 0.15) is 0 Å². The Hall–Kier alpha value is -5.86. The topological polar surface area (TPSA) is 9.86 Å². The summed E-state index contributed by atoms with van der Waals surface area (Å²) < 4.78 is 4.96. The van der Waals surface area contributed by atoms with Gasteiger partial charge in [0, 0.05) is 38.3 Å². The minimum atomic E-state index is -0.0212. The van der Waals surface area contributed by atoms with Crippen molar-refractivity contribution in [3.05, 3.63) is 169 Å². The monoisotopic (exact) mass is 600 g/mol. The molecule has 0 atom stereocenters. The minimum absolute atomic E-state index is 0.0212. The summed E-state index contributed by atoms with van der Waals surface area (Å²) in [5.74, 6) is 0. The highest BCUT2D eigenvalue weighted by molar-refractivity contribution is 6.26. The Kier molecular flexibility index (Phi) is 5.37. The van der Waals surface area contributed by atoms with Crippen LogP contribution in [0.1, 0.15) is 25.0 Å². The zero-order chi connectivity index (χ0) is 31.3. The lowest BCUT2D eigenvalue weighted by atomic mass is 9.82. The van der Waals surface area contributed by atoms with E-state index < -0.39 is 0 Å². The highest BCUT2D eigenvalue weighted by Gasteiger charge is 2.35. The molecule has 2 heterocycles. The van der Waals surface area contributed by atoms with Crippen molar-refractivity contribution >= 4 is 43.6 Å². The second kappa shape index (κ2) is 9.57. The average molecular weight is 601 g/mol. The van der Waals surface area contributed by atoms with Crippen molar-refractivity contribution in [1.29, 1.82) is 0 Å². The van der Waals surface area contributed by atoms with Gasteiger partial charge in [-0.2, -0.15) is 0 Å². The van der Waals surface area contributed by atoms with Crippen molar-refractivity contribution in [1.82, 2.24) is 9.13 Å². The molecule has 0 saturated heterocycles. The van der Waals surface area contributed by atoms with Crippen molar-refractivity contribution in [2.24, 2.45) is 0 Å². The largest absolute Gasteiger partial charge is 0.309 e. The second-order valence-corrected chi connectivity index (χ2v) is 13.4. The standard InChI is InChI=1S/C45H32N2/c1-45(2)38-20-9-6-17-33(38)37-28-32(23-25-39(37)45)46-41-22-11-8-19-36(41)43-42(46)26-24-35-34-18-7-10-21-40(34)47(44(35)43)31-16-12-15-30(27-31)29-13-4-3-5-14-29/h3-28H,1-2H3. The molecule has 1 aliphatic carbocycles. The average Bonchev–Trinajstić information content (AvgIpc) is 3.72. The van der Waals surface area contributed by atoms with E-state index in [0.29, 0.717) is 0 Å². The van der Waals surface area contributed by atoms with E-state index in [1.165, 1.54) is 88.4 Å². The molecule has 0 radical (unpaired) electrons. The number of rotatable bonds is 3. The van der Waals surface area contributed by atoms with Gasteiger partial charge in [-0.1, -0.05) is 129 Å². The van der Waals surface area contributed by atoms with Gasteiger partial charge in [-0.15, -0.1) is 0 Å². The summed E-state index contributed by atoms with van der Waals surface area (Å²) in [6, 6.07) is 58.1. The summed E-state index contributed by atoms with van der Waals surface area (Å²) in [6.07, 6.45) is 0. The summed E-state index contributed by atoms with van der Waals surface area (Å²) in [5, 5.41) is 5.08. The van der Waals surface area contributed by atoms with Crippen molar-refractivity contribution in [3.63, 3.8) is 0 Å². The quantitative estimate of drug-likeness (QED) is 0.191. The highest BCUT2D eigenvalue weighted by atomic mass is 15.0.